The van der Waals surface area contributed by atoms with E-state index in [1.165, 1.54) is 0 Å². The Morgan fingerprint density at radius 2 is 2.28 bits per heavy atom. The maximum absolute atomic E-state index is 12.2. The van der Waals surface area contributed by atoms with Crippen LogP contribution in [0.3, 0.4) is 0 Å². The first-order chi connectivity index (χ1) is 8.65. The van der Waals surface area contributed by atoms with Crippen LogP contribution in [0, 0.1) is 0 Å². The Bertz CT molecular complexity index is 550. The fraction of sp³-hybridized carbons (Fsp3) is 0.385. The highest BCUT2D eigenvalue weighted by Gasteiger charge is 2.32. The molecule has 94 valence electrons. The minimum absolute atomic E-state index is 0.0612. The summed E-state index contributed by atoms with van der Waals surface area (Å²) in [5.41, 5.74) is 1.39. The van der Waals surface area contributed by atoms with Crippen LogP contribution in [0.5, 0.6) is 0 Å². The number of carbonyl (C=O) groups is 1. The van der Waals surface area contributed by atoms with Crippen molar-refractivity contribution in [2.45, 2.75) is 6.04 Å². The Morgan fingerprint density at radius 1 is 1.50 bits per heavy atom. The van der Waals surface area contributed by atoms with Gasteiger partial charge in [-0.1, -0.05) is 0 Å². The van der Waals surface area contributed by atoms with Crippen molar-refractivity contribution in [3.8, 4) is 0 Å². The first-order valence-corrected chi connectivity index (χ1v) is 6.04. The Balaban J connectivity index is 1.77. The molecule has 0 radical (unpaired) electrons. The molecule has 18 heavy (non-hydrogen) atoms. The lowest BCUT2D eigenvalue weighted by atomic mass is 10.1. The van der Waals surface area contributed by atoms with E-state index in [0.717, 1.165) is 24.1 Å². The molecule has 1 saturated heterocycles. The van der Waals surface area contributed by atoms with Gasteiger partial charge in [-0.05, 0) is 32.3 Å². The number of hydrogen-bond acceptors (Lipinski definition) is 3. The molecule has 3 heterocycles. The van der Waals surface area contributed by atoms with Crippen molar-refractivity contribution in [2.24, 2.45) is 0 Å². The highest BCUT2D eigenvalue weighted by molar-refractivity contribution is 5.97. The third kappa shape index (κ3) is 1.76. The molecule has 1 fully saturated rings. The number of likely N-dealkylation sites (N-methyl/N-ethyl adjacent to an activating group) is 1. The zero-order valence-corrected chi connectivity index (χ0v) is 10.6. The van der Waals surface area contributed by atoms with Gasteiger partial charge < -0.3 is 14.8 Å². The van der Waals surface area contributed by atoms with Gasteiger partial charge in [0, 0.05) is 30.7 Å². The van der Waals surface area contributed by atoms with E-state index in [-0.39, 0.29) is 5.91 Å². The van der Waals surface area contributed by atoms with Crippen LogP contribution in [0.25, 0.3) is 11.0 Å². The lowest BCUT2D eigenvalue weighted by Crippen LogP contribution is -2.59. The monoisotopic (exact) mass is 244 g/mol. The molecule has 5 nitrogen and oxygen atoms in total. The SMILES string of the molecule is CN(C)C1CN(C(=O)c2cc3cccnc3[nH]2)C1. The number of hydrogen-bond donors (Lipinski definition) is 1. The van der Waals surface area contributed by atoms with Crippen molar-refractivity contribution in [2.75, 3.05) is 27.2 Å². The fourth-order valence-electron chi connectivity index (χ4n) is 2.19. The number of H-pyrrole nitrogens is 1. The van der Waals surface area contributed by atoms with E-state index < -0.39 is 0 Å². The van der Waals surface area contributed by atoms with Crippen molar-refractivity contribution in [1.82, 2.24) is 19.8 Å². The van der Waals surface area contributed by atoms with Crippen LogP contribution in [0.2, 0.25) is 0 Å². The number of aromatic amines is 1. The number of pyridine rings is 1. The smallest absolute Gasteiger partial charge is 0.270 e. The molecule has 0 aliphatic carbocycles. The van der Waals surface area contributed by atoms with E-state index in [2.05, 4.69) is 14.9 Å². The van der Waals surface area contributed by atoms with Crippen molar-refractivity contribution >= 4 is 16.9 Å². The van der Waals surface area contributed by atoms with Crippen molar-refractivity contribution in [3.05, 3.63) is 30.1 Å². The van der Waals surface area contributed by atoms with Gasteiger partial charge >= 0.3 is 0 Å². The van der Waals surface area contributed by atoms with Crippen molar-refractivity contribution in [1.29, 1.82) is 0 Å². The summed E-state index contributed by atoms with van der Waals surface area (Å²) in [6.45, 7) is 1.60. The topological polar surface area (TPSA) is 52.2 Å². The molecule has 0 spiro atoms. The molecule has 3 rings (SSSR count). The van der Waals surface area contributed by atoms with Crippen LogP contribution in [0.15, 0.2) is 24.4 Å². The summed E-state index contributed by atoms with van der Waals surface area (Å²) in [7, 11) is 4.08. The zero-order valence-electron chi connectivity index (χ0n) is 10.6. The standard InChI is InChI=1S/C13H16N4O/c1-16(2)10-7-17(8-10)13(18)11-6-9-4-3-5-14-12(9)15-11/h3-6,10H,7-8H2,1-2H3,(H,14,15). The highest BCUT2D eigenvalue weighted by Crippen LogP contribution is 2.18. The van der Waals surface area contributed by atoms with E-state index >= 15 is 0 Å². The number of likely N-dealkylation sites (tertiary alicyclic amines) is 1. The summed E-state index contributed by atoms with van der Waals surface area (Å²) in [6.07, 6.45) is 1.72. The number of fused-ring (bicyclic) bond motifs is 1. The van der Waals surface area contributed by atoms with Crippen LogP contribution in [-0.4, -0.2) is 58.9 Å². The molecule has 2 aromatic heterocycles. The molecular formula is C13H16N4O. The first-order valence-electron chi connectivity index (χ1n) is 6.04. The van der Waals surface area contributed by atoms with E-state index in [4.69, 9.17) is 0 Å². The summed E-state index contributed by atoms with van der Waals surface area (Å²) in [6, 6.07) is 6.18. The summed E-state index contributed by atoms with van der Waals surface area (Å²) >= 11 is 0. The molecule has 1 aliphatic heterocycles. The Hall–Kier alpha value is -1.88. The lowest BCUT2D eigenvalue weighted by molar-refractivity contribution is 0.0395. The second kappa shape index (κ2) is 4.10. The molecule has 0 atom stereocenters. The molecule has 2 aromatic rings. The van der Waals surface area contributed by atoms with E-state index in [1.54, 1.807) is 6.20 Å². The van der Waals surface area contributed by atoms with Crippen LogP contribution in [0.4, 0.5) is 0 Å². The Labute approximate surface area is 105 Å². The molecule has 1 N–H and O–H groups in total. The van der Waals surface area contributed by atoms with Gasteiger partial charge in [0.2, 0.25) is 0 Å². The number of carbonyl (C=O) groups excluding carboxylic acids is 1. The predicted molar refractivity (Wildman–Crippen MR) is 69.5 cm³/mol. The quantitative estimate of drug-likeness (QED) is 0.855. The molecule has 0 aromatic carbocycles. The average Bonchev–Trinajstić information content (AvgIpc) is 2.69. The van der Waals surface area contributed by atoms with Crippen LogP contribution in [0.1, 0.15) is 10.5 Å². The van der Waals surface area contributed by atoms with E-state index in [1.807, 2.05) is 37.2 Å². The van der Waals surface area contributed by atoms with Crippen molar-refractivity contribution < 1.29 is 4.79 Å². The molecule has 1 aliphatic rings. The third-order valence-electron chi connectivity index (χ3n) is 3.50. The molecule has 0 saturated carbocycles. The van der Waals surface area contributed by atoms with Gasteiger partial charge in [-0.25, -0.2) is 4.98 Å². The number of rotatable bonds is 2. The zero-order chi connectivity index (χ0) is 12.7. The number of amides is 1. The average molecular weight is 244 g/mol. The minimum atomic E-state index is 0.0612. The fourth-order valence-corrected chi connectivity index (χ4v) is 2.19. The Morgan fingerprint density at radius 3 is 2.94 bits per heavy atom. The molecular weight excluding hydrogens is 228 g/mol. The maximum atomic E-state index is 12.2. The summed E-state index contributed by atoms with van der Waals surface area (Å²) < 4.78 is 0. The van der Waals surface area contributed by atoms with E-state index in [9.17, 15) is 4.79 Å². The molecule has 5 heteroatoms. The number of nitrogens with one attached hydrogen (secondary N) is 1. The third-order valence-corrected chi connectivity index (χ3v) is 3.50. The van der Waals surface area contributed by atoms with Gasteiger partial charge in [0.1, 0.15) is 11.3 Å². The Kier molecular flexibility index (Phi) is 2.56. The predicted octanol–water partition coefficient (Wildman–Crippen LogP) is 0.949. The number of aromatic nitrogens is 2. The second-order valence-corrected chi connectivity index (χ2v) is 4.95. The van der Waals surface area contributed by atoms with E-state index in [0.29, 0.717) is 11.7 Å². The highest BCUT2D eigenvalue weighted by atomic mass is 16.2. The van der Waals surface area contributed by atoms with Crippen LogP contribution in [-0.2, 0) is 0 Å². The summed E-state index contributed by atoms with van der Waals surface area (Å²) in [5.74, 6) is 0.0612. The molecule has 0 unspecified atom stereocenters. The van der Waals surface area contributed by atoms with Gasteiger partial charge in [-0.15, -0.1) is 0 Å². The first kappa shape index (κ1) is 11.2. The summed E-state index contributed by atoms with van der Waals surface area (Å²) in [5, 5.41) is 0.977. The van der Waals surface area contributed by atoms with Gasteiger partial charge in [0.05, 0.1) is 0 Å². The van der Waals surface area contributed by atoms with Crippen LogP contribution < -0.4 is 0 Å². The summed E-state index contributed by atoms with van der Waals surface area (Å²) in [4.78, 5) is 23.5. The largest absolute Gasteiger partial charge is 0.335 e. The van der Waals surface area contributed by atoms with Gasteiger partial charge in [-0.3, -0.25) is 4.79 Å². The lowest BCUT2D eigenvalue weighted by Gasteiger charge is -2.42. The number of nitrogens with zero attached hydrogens (tertiary/aromatic N) is 3. The van der Waals surface area contributed by atoms with Gasteiger partial charge in [-0.2, -0.15) is 0 Å². The second-order valence-electron chi connectivity index (χ2n) is 4.95. The van der Waals surface area contributed by atoms with Gasteiger partial charge in [0.25, 0.3) is 5.91 Å². The van der Waals surface area contributed by atoms with Crippen LogP contribution >= 0.6 is 0 Å². The molecule has 0 bridgehead atoms. The minimum Gasteiger partial charge on any atom is -0.335 e. The normalized spacial score (nSPS) is 16.3. The van der Waals surface area contributed by atoms with Gasteiger partial charge in [0.15, 0.2) is 0 Å². The maximum Gasteiger partial charge on any atom is 0.270 e. The molecule has 1 amide bonds. The van der Waals surface area contributed by atoms with Crippen molar-refractivity contribution in [3.63, 3.8) is 0 Å².